The predicted octanol–water partition coefficient (Wildman–Crippen LogP) is 4.52. The normalized spacial score (nSPS) is 12.6. The highest BCUT2D eigenvalue weighted by Gasteiger charge is 2.26. The molecule has 1 aromatic heterocycles. The van der Waals surface area contributed by atoms with E-state index in [-0.39, 0.29) is 29.0 Å². The molecule has 172 valence electrons. The van der Waals surface area contributed by atoms with Gasteiger partial charge in [-0.05, 0) is 35.7 Å². The van der Waals surface area contributed by atoms with Crippen LogP contribution in [0.2, 0.25) is 5.02 Å². The number of urea groups is 1. The summed E-state index contributed by atoms with van der Waals surface area (Å²) in [7, 11) is 3.43. The highest BCUT2D eigenvalue weighted by Crippen LogP contribution is 2.32. The molecule has 6 nitrogen and oxygen atoms in total. The topological polar surface area (TPSA) is 65.6 Å². The summed E-state index contributed by atoms with van der Waals surface area (Å²) in [5, 5.41) is -0.140. The number of ether oxygens (including phenoxy) is 1. The van der Waals surface area contributed by atoms with Crippen LogP contribution in [-0.2, 0) is 19.4 Å². The number of hydrogen-bond donors (Lipinski definition) is 1. The van der Waals surface area contributed by atoms with Crippen LogP contribution in [0.5, 0.6) is 5.75 Å². The van der Waals surface area contributed by atoms with E-state index in [1.54, 1.807) is 23.9 Å². The Bertz CT molecular complexity index is 1280. The van der Waals surface area contributed by atoms with Crippen LogP contribution in [-0.4, -0.2) is 36.6 Å². The fourth-order valence-electron chi connectivity index (χ4n) is 3.83. The van der Waals surface area contributed by atoms with Crippen LogP contribution in [0, 0.1) is 11.6 Å². The highest BCUT2D eigenvalue weighted by atomic mass is 35.5. The first-order chi connectivity index (χ1) is 15.7. The number of benzene rings is 2. The Morgan fingerprint density at radius 1 is 1.18 bits per heavy atom. The summed E-state index contributed by atoms with van der Waals surface area (Å²) < 4.78 is 32.9. The molecular formula is C24H22ClF2N3O3. The second kappa shape index (κ2) is 9.23. The maximum Gasteiger partial charge on any atom is 0.323 e. The van der Waals surface area contributed by atoms with Gasteiger partial charge in [0.15, 0.2) is 0 Å². The molecule has 0 saturated heterocycles. The number of carbonyl (C=O) groups excluding carboxylic acids is 1. The Morgan fingerprint density at radius 3 is 2.70 bits per heavy atom. The van der Waals surface area contributed by atoms with Gasteiger partial charge in [0.05, 0.1) is 0 Å². The van der Waals surface area contributed by atoms with Crippen molar-refractivity contribution in [1.29, 1.82) is 0 Å². The Hall–Kier alpha value is -3.39. The van der Waals surface area contributed by atoms with Crippen molar-refractivity contribution in [2.75, 3.05) is 25.5 Å². The summed E-state index contributed by atoms with van der Waals surface area (Å²) in [6.07, 6.45) is 2.65. The molecule has 0 bridgehead atoms. The molecule has 0 fully saturated rings. The van der Waals surface area contributed by atoms with Crippen molar-refractivity contribution in [1.82, 2.24) is 9.88 Å². The quantitative estimate of drug-likeness (QED) is 0.592. The maximum atomic E-state index is 14.0. The fraction of sp³-hybridized carbons (Fsp3) is 0.250. The van der Waals surface area contributed by atoms with Gasteiger partial charge < -0.3 is 14.6 Å². The van der Waals surface area contributed by atoms with Gasteiger partial charge >= 0.3 is 6.03 Å². The number of nitrogens with one attached hydrogen (secondary N) is 1. The van der Waals surface area contributed by atoms with Gasteiger partial charge in [0.25, 0.3) is 5.56 Å². The van der Waals surface area contributed by atoms with Crippen molar-refractivity contribution < 1.29 is 18.3 Å². The number of hydrogen-bond acceptors (Lipinski definition) is 3. The van der Waals surface area contributed by atoms with Crippen LogP contribution in [0.4, 0.5) is 19.3 Å². The number of anilines is 1. The number of carbonyl (C=O) groups is 1. The van der Waals surface area contributed by atoms with Crippen molar-refractivity contribution in [2.24, 2.45) is 0 Å². The number of amides is 2. The number of aromatic nitrogens is 1. The Kier molecular flexibility index (Phi) is 6.37. The van der Waals surface area contributed by atoms with Crippen LogP contribution in [0.1, 0.15) is 22.3 Å². The smallest absolute Gasteiger partial charge is 0.323 e. The second-order valence-corrected chi connectivity index (χ2v) is 8.41. The lowest BCUT2D eigenvalue weighted by atomic mass is 10.0. The summed E-state index contributed by atoms with van der Waals surface area (Å²) in [5.41, 5.74) is 3.09. The third-order valence-electron chi connectivity index (χ3n) is 5.50. The lowest BCUT2D eigenvalue weighted by Crippen LogP contribution is -2.38. The molecule has 0 spiro atoms. The molecule has 4 rings (SSSR count). The van der Waals surface area contributed by atoms with Gasteiger partial charge in [-0.2, -0.15) is 0 Å². The van der Waals surface area contributed by atoms with Gasteiger partial charge in [0.1, 0.15) is 29.0 Å². The summed E-state index contributed by atoms with van der Waals surface area (Å²) in [6.45, 7) is 0.395. The van der Waals surface area contributed by atoms with Crippen molar-refractivity contribution in [3.8, 4) is 5.75 Å². The minimum absolute atomic E-state index is 0.0716. The first kappa shape index (κ1) is 22.8. The lowest BCUT2D eigenvalue weighted by molar-refractivity contribution is 0.224. The summed E-state index contributed by atoms with van der Waals surface area (Å²) in [6, 6.07) is 8.94. The molecule has 1 aliphatic rings. The molecule has 2 amide bonds. The summed E-state index contributed by atoms with van der Waals surface area (Å²) in [5.74, 6) is -1.28. The molecule has 0 unspecified atom stereocenters. The van der Waals surface area contributed by atoms with Gasteiger partial charge in [-0.25, -0.2) is 13.6 Å². The molecule has 0 aliphatic carbocycles. The van der Waals surface area contributed by atoms with E-state index in [1.807, 2.05) is 18.2 Å². The van der Waals surface area contributed by atoms with E-state index in [4.69, 9.17) is 16.3 Å². The molecule has 1 N–H and O–H groups in total. The maximum absolute atomic E-state index is 14.0. The van der Waals surface area contributed by atoms with Gasteiger partial charge in [-0.15, -0.1) is 0 Å². The molecule has 2 heterocycles. The minimum atomic E-state index is -0.743. The number of H-pyrrole nitrogens is 1. The molecular weight excluding hydrogens is 452 g/mol. The van der Waals surface area contributed by atoms with E-state index in [9.17, 15) is 18.4 Å². The van der Waals surface area contributed by atoms with Crippen molar-refractivity contribution in [3.63, 3.8) is 0 Å². The van der Waals surface area contributed by atoms with Crippen LogP contribution in [0.3, 0.4) is 0 Å². The average Bonchev–Trinajstić information content (AvgIpc) is 3.19. The van der Waals surface area contributed by atoms with E-state index >= 15 is 0 Å². The third kappa shape index (κ3) is 4.71. The number of nitrogens with zero attached hydrogens (tertiary/aromatic N) is 2. The lowest BCUT2D eigenvalue weighted by Gasteiger charge is -2.22. The number of halogens is 3. The zero-order valence-electron chi connectivity index (χ0n) is 18.1. The number of pyridine rings is 1. The van der Waals surface area contributed by atoms with Crippen LogP contribution in [0.15, 0.2) is 47.4 Å². The van der Waals surface area contributed by atoms with Gasteiger partial charge in [0, 0.05) is 56.1 Å². The molecule has 0 radical (unpaired) electrons. The Morgan fingerprint density at radius 2 is 1.97 bits per heavy atom. The first-order valence-corrected chi connectivity index (χ1v) is 10.7. The molecule has 0 saturated carbocycles. The highest BCUT2D eigenvalue weighted by molar-refractivity contribution is 6.31. The molecule has 3 aromatic rings. The van der Waals surface area contributed by atoms with E-state index in [0.29, 0.717) is 18.5 Å². The van der Waals surface area contributed by atoms with Gasteiger partial charge in [-0.3, -0.25) is 9.69 Å². The predicted molar refractivity (Wildman–Crippen MR) is 122 cm³/mol. The second-order valence-electron chi connectivity index (χ2n) is 8.03. The van der Waals surface area contributed by atoms with Crippen LogP contribution < -0.4 is 15.2 Å². The van der Waals surface area contributed by atoms with Gasteiger partial charge in [0.2, 0.25) is 0 Å². The number of fused-ring (bicyclic) bond motifs is 1. The summed E-state index contributed by atoms with van der Waals surface area (Å²) in [4.78, 5) is 30.3. The molecule has 9 heteroatoms. The fourth-order valence-corrected chi connectivity index (χ4v) is 4.06. The van der Waals surface area contributed by atoms with Crippen molar-refractivity contribution >= 4 is 23.3 Å². The Balaban J connectivity index is 1.58. The van der Waals surface area contributed by atoms with Crippen LogP contribution >= 0.6 is 11.6 Å². The Labute approximate surface area is 194 Å². The third-order valence-corrected chi connectivity index (χ3v) is 5.85. The number of aromatic amines is 1. The first-order valence-electron chi connectivity index (χ1n) is 10.3. The standard InChI is InChI=1S/C24H22ClF2N3O3/c1-29(2)24(32)30-8-7-15-9-14(3-6-20(15)30)10-17-12-28-23(31)21(25)22(17)33-13-16-4-5-18(26)11-19(16)27/h3-6,9,11-12H,7-8,10,13H2,1-2H3,(H,28,31). The average molecular weight is 474 g/mol. The molecule has 0 atom stereocenters. The zero-order chi connectivity index (χ0) is 23.7. The number of rotatable bonds is 5. The molecule has 2 aromatic carbocycles. The van der Waals surface area contributed by atoms with E-state index in [2.05, 4.69) is 4.98 Å². The SMILES string of the molecule is CN(C)C(=O)N1CCc2cc(Cc3c[nH]c(=O)c(Cl)c3OCc3ccc(F)cc3F)ccc21. The van der Waals surface area contributed by atoms with E-state index in [1.165, 1.54) is 12.3 Å². The van der Waals surface area contributed by atoms with E-state index < -0.39 is 17.2 Å². The molecule has 1 aliphatic heterocycles. The largest absolute Gasteiger partial charge is 0.487 e. The summed E-state index contributed by atoms with van der Waals surface area (Å²) >= 11 is 6.20. The van der Waals surface area contributed by atoms with Crippen molar-refractivity contribution in [2.45, 2.75) is 19.4 Å². The zero-order valence-corrected chi connectivity index (χ0v) is 18.9. The monoisotopic (exact) mass is 473 g/mol. The van der Waals surface area contributed by atoms with Gasteiger partial charge in [-0.1, -0.05) is 23.7 Å². The van der Waals surface area contributed by atoms with Crippen LogP contribution in [0.25, 0.3) is 0 Å². The van der Waals surface area contributed by atoms with E-state index in [0.717, 1.165) is 35.4 Å². The minimum Gasteiger partial charge on any atom is -0.487 e. The molecule has 33 heavy (non-hydrogen) atoms. The van der Waals surface area contributed by atoms with Crippen molar-refractivity contribution in [3.05, 3.63) is 91.9 Å².